The van der Waals surface area contributed by atoms with Crippen molar-refractivity contribution in [2.45, 2.75) is 77.9 Å². The van der Waals surface area contributed by atoms with Crippen LogP contribution >= 0.6 is 0 Å². The van der Waals surface area contributed by atoms with E-state index in [2.05, 4.69) is 40.3 Å². The third-order valence-electron chi connectivity index (χ3n) is 6.52. The second-order valence-electron chi connectivity index (χ2n) is 8.40. The summed E-state index contributed by atoms with van der Waals surface area (Å²) in [7, 11) is 0. The Morgan fingerprint density at radius 3 is 2.77 bits per heavy atom. The van der Waals surface area contributed by atoms with Crippen LogP contribution in [0.3, 0.4) is 0 Å². The Hall–Kier alpha value is -0.890. The predicted molar refractivity (Wildman–Crippen MR) is 89.6 cm³/mol. The van der Waals surface area contributed by atoms with Gasteiger partial charge in [0.2, 0.25) is 0 Å². The van der Waals surface area contributed by atoms with Crippen LogP contribution in [0.4, 0.5) is 0 Å². The Morgan fingerprint density at radius 1 is 1.36 bits per heavy atom. The number of epoxide rings is 1. The number of fused-ring (bicyclic) bond motifs is 2. The maximum absolute atomic E-state index is 12.8. The lowest BCUT2D eigenvalue weighted by Crippen LogP contribution is -2.51. The molecular formula is C20H30O2. The van der Waals surface area contributed by atoms with Crippen molar-refractivity contribution in [1.82, 2.24) is 0 Å². The number of carbonyl (C=O) groups excluding carboxylic acids is 1. The molecule has 3 fully saturated rings. The van der Waals surface area contributed by atoms with E-state index in [1.165, 1.54) is 11.1 Å². The number of hydrogen-bond acceptors (Lipinski definition) is 2. The highest BCUT2D eigenvalue weighted by atomic mass is 16.6. The molecule has 22 heavy (non-hydrogen) atoms. The van der Waals surface area contributed by atoms with Crippen molar-refractivity contribution in [1.29, 1.82) is 0 Å². The van der Waals surface area contributed by atoms with E-state index in [0.717, 1.165) is 32.1 Å². The molecule has 3 aliphatic rings. The molecule has 5 atom stereocenters. The van der Waals surface area contributed by atoms with E-state index in [1.807, 2.05) is 0 Å². The number of hydrogen-bond donors (Lipinski definition) is 0. The summed E-state index contributed by atoms with van der Waals surface area (Å²) in [6, 6.07) is 0. The zero-order chi connectivity index (χ0) is 16.1. The fourth-order valence-electron chi connectivity index (χ4n) is 4.65. The molecule has 2 heteroatoms. The number of carbonyl (C=O) groups is 1. The second-order valence-corrected chi connectivity index (χ2v) is 8.40. The molecule has 1 heterocycles. The fraction of sp³-hybridized carbons (Fsp3) is 0.750. The van der Waals surface area contributed by atoms with E-state index < -0.39 is 0 Å². The quantitative estimate of drug-likeness (QED) is 0.551. The normalized spacial score (nSPS) is 43.6. The molecule has 0 N–H and O–H groups in total. The van der Waals surface area contributed by atoms with Gasteiger partial charge in [0.25, 0.3) is 0 Å². The van der Waals surface area contributed by atoms with Crippen molar-refractivity contribution in [3.63, 3.8) is 0 Å². The molecule has 0 bridgehead atoms. The molecule has 122 valence electrons. The van der Waals surface area contributed by atoms with E-state index in [0.29, 0.717) is 30.1 Å². The Morgan fingerprint density at radius 2 is 2.09 bits per heavy atom. The van der Waals surface area contributed by atoms with Gasteiger partial charge in [-0.15, -0.1) is 0 Å². The van der Waals surface area contributed by atoms with Gasteiger partial charge < -0.3 is 4.74 Å². The highest BCUT2D eigenvalue weighted by Gasteiger charge is 2.58. The van der Waals surface area contributed by atoms with Gasteiger partial charge in [-0.3, -0.25) is 4.79 Å². The zero-order valence-corrected chi connectivity index (χ0v) is 14.6. The van der Waals surface area contributed by atoms with Gasteiger partial charge in [-0.05, 0) is 64.7 Å². The number of Topliss-reactive ketones (excluding diaryl/α,β-unsaturated/α-hetero) is 1. The maximum Gasteiger partial charge on any atom is 0.142 e. The summed E-state index contributed by atoms with van der Waals surface area (Å²) in [6.07, 6.45) is 8.48. The van der Waals surface area contributed by atoms with Crippen LogP contribution in [0.1, 0.15) is 66.2 Å². The van der Waals surface area contributed by atoms with Crippen molar-refractivity contribution >= 4 is 5.78 Å². The Labute approximate surface area is 135 Å². The predicted octanol–water partition coefficient (Wildman–Crippen LogP) is 4.84. The summed E-state index contributed by atoms with van der Waals surface area (Å²) >= 11 is 0. The van der Waals surface area contributed by atoms with Crippen LogP contribution in [0, 0.1) is 17.3 Å². The molecule has 2 nitrogen and oxygen atoms in total. The van der Waals surface area contributed by atoms with Crippen molar-refractivity contribution in [3.05, 3.63) is 23.8 Å². The molecule has 3 rings (SSSR count). The molecule has 2 aliphatic carbocycles. The van der Waals surface area contributed by atoms with Crippen LogP contribution in [0.5, 0.6) is 0 Å². The Balaban J connectivity index is 1.74. The van der Waals surface area contributed by atoms with Crippen LogP contribution in [0.25, 0.3) is 0 Å². The van der Waals surface area contributed by atoms with Crippen LogP contribution in [-0.4, -0.2) is 17.5 Å². The van der Waals surface area contributed by atoms with Crippen LogP contribution < -0.4 is 0 Å². The first-order valence-electron chi connectivity index (χ1n) is 8.78. The molecule has 1 saturated heterocycles. The maximum atomic E-state index is 12.8. The summed E-state index contributed by atoms with van der Waals surface area (Å²) in [4.78, 5) is 12.8. The van der Waals surface area contributed by atoms with Crippen LogP contribution in [0.2, 0.25) is 0 Å². The van der Waals surface area contributed by atoms with E-state index >= 15 is 0 Å². The molecule has 0 aromatic heterocycles. The Kier molecular flexibility index (Phi) is 3.87. The van der Waals surface area contributed by atoms with E-state index in [1.54, 1.807) is 0 Å². The first-order valence-corrected chi connectivity index (χ1v) is 8.78. The Bertz CT molecular complexity index is 528. The fourth-order valence-corrected chi connectivity index (χ4v) is 4.65. The molecule has 0 aromatic rings. The summed E-state index contributed by atoms with van der Waals surface area (Å²) in [5.74, 6) is 1.44. The number of ether oxygens (including phenoxy) is 1. The summed E-state index contributed by atoms with van der Waals surface area (Å²) in [6.45, 7) is 12.9. The van der Waals surface area contributed by atoms with Crippen molar-refractivity contribution in [2.75, 3.05) is 0 Å². The van der Waals surface area contributed by atoms with Crippen molar-refractivity contribution in [2.24, 2.45) is 17.3 Å². The lowest BCUT2D eigenvalue weighted by molar-refractivity contribution is -0.142. The minimum Gasteiger partial charge on any atom is -0.366 e. The third-order valence-corrected chi connectivity index (χ3v) is 6.52. The third kappa shape index (κ3) is 2.60. The molecule has 2 saturated carbocycles. The minimum atomic E-state index is -0.148. The van der Waals surface area contributed by atoms with Gasteiger partial charge in [0.05, 0.1) is 11.7 Å². The molecule has 1 aliphatic heterocycles. The van der Waals surface area contributed by atoms with E-state index in [9.17, 15) is 4.79 Å². The molecular weight excluding hydrogens is 272 g/mol. The van der Waals surface area contributed by atoms with E-state index in [-0.39, 0.29) is 11.0 Å². The standard InChI is InChI=1S/C20H30O2/c1-13(2)6-8-17(21)19(4)12-15-14(3)7-9-18-20(5,22-18)11-10-16(15)19/h6,15-16,18H,3,7-12H2,1-2,4-5H3/t15-,16-,18-,19+,20+/m1/s1. The molecule has 0 radical (unpaired) electrons. The van der Waals surface area contributed by atoms with Gasteiger partial charge in [-0.1, -0.05) is 30.7 Å². The lowest BCUT2D eigenvalue weighted by atomic mass is 9.49. The van der Waals surface area contributed by atoms with Crippen LogP contribution in [-0.2, 0) is 9.53 Å². The van der Waals surface area contributed by atoms with Gasteiger partial charge in [0.1, 0.15) is 5.78 Å². The zero-order valence-electron chi connectivity index (χ0n) is 14.6. The highest BCUT2D eigenvalue weighted by molar-refractivity contribution is 5.87. The molecule has 0 amide bonds. The van der Waals surface area contributed by atoms with Crippen molar-refractivity contribution in [3.8, 4) is 0 Å². The van der Waals surface area contributed by atoms with Crippen molar-refractivity contribution < 1.29 is 9.53 Å². The highest BCUT2D eigenvalue weighted by Crippen LogP contribution is 2.60. The summed E-state index contributed by atoms with van der Waals surface area (Å²) in [5.41, 5.74) is 2.52. The van der Waals surface area contributed by atoms with Gasteiger partial charge in [-0.2, -0.15) is 0 Å². The topological polar surface area (TPSA) is 29.6 Å². The van der Waals surface area contributed by atoms with Gasteiger partial charge in [-0.25, -0.2) is 0 Å². The smallest absolute Gasteiger partial charge is 0.142 e. The SMILES string of the molecule is C=C1CC[C@H]2O[C@@]2(C)CC[C@@H]2[C@@H]1C[C@]2(C)C(=O)CC=C(C)C. The van der Waals surface area contributed by atoms with Crippen LogP contribution in [0.15, 0.2) is 23.8 Å². The average molecular weight is 302 g/mol. The largest absolute Gasteiger partial charge is 0.366 e. The minimum absolute atomic E-state index is 0.0780. The summed E-state index contributed by atoms with van der Waals surface area (Å²) in [5, 5.41) is 0. The average Bonchev–Trinajstić information content (AvgIpc) is 3.08. The monoisotopic (exact) mass is 302 g/mol. The first-order chi connectivity index (χ1) is 10.3. The number of ketones is 1. The summed E-state index contributed by atoms with van der Waals surface area (Å²) < 4.78 is 5.91. The van der Waals surface area contributed by atoms with E-state index in [4.69, 9.17) is 4.74 Å². The number of rotatable bonds is 3. The van der Waals surface area contributed by atoms with Gasteiger partial charge in [0, 0.05) is 11.8 Å². The van der Waals surface area contributed by atoms with Gasteiger partial charge in [0.15, 0.2) is 0 Å². The second kappa shape index (κ2) is 5.33. The lowest BCUT2D eigenvalue weighted by Gasteiger charge is -2.53. The first kappa shape index (κ1) is 16.0. The number of allylic oxidation sites excluding steroid dienone is 3. The molecule has 0 spiro atoms. The van der Waals surface area contributed by atoms with Gasteiger partial charge >= 0.3 is 0 Å². The molecule has 0 aromatic carbocycles. The molecule has 0 unspecified atom stereocenters.